The lowest BCUT2D eigenvalue weighted by atomic mass is 9.84. The standard InChI is InChI=1S/C20H18BrNO3/c1-13-19(20(24)25-12-14-7-3-2-4-8-14)16(11-18(23)22-13)15-9-5-6-10-17(15)21/h2-10,16H,11-12H2,1H3,(H,22,23)/t16-/m1/s1. The second-order valence-corrected chi connectivity index (χ2v) is 6.78. The Balaban J connectivity index is 1.87. The Morgan fingerprint density at radius 3 is 2.56 bits per heavy atom. The molecule has 1 amide bonds. The second kappa shape index (κ2) is 7.66. The monoisotopic (exact) mass is 399 g/mol. The molecular weight excluding hydrogens is 382 g/mol. The minimum Gasteiger partial charge on any atom is -0.457 e. The van der Waals surface area contributed by atoms with Gasteiger partial charge in [-0.15, -0.1) is 0 Å². The van der Waals surface area contributed by atoms with Crippen LogP contribution in [0.15, 0.2) is 70.3 Å². The van der Waals surface area contributed by atoms with Crippen molar-refractivity contribution < 1.29 is 14.3 Å². The van der Waals surface area contributed by atoms with E-state index in [1.165, 1.54) is 0 Å². The van der Waals surface area contributed by atoms with Crippen LogP contribution in [0.2, 0.25) is 0 Å². The number of carbonyl (C=O) groups excluding carboxylic acids is 2. The number of esters is 1. The minimum atomic E-state index is -0.401. The molecule has 3 rings (SSSR count). The third kappa shape index (κ3) is 3.99. The van der Waals surface area contributed by atoms with Crippen LogP contribution in [0.4, 0.5) is 0 Å². The van der Waals surface area contributed by atoms with E-state index < -0.39 is 5.97 Å². The van der Waals surface area contributed by atoms with E-state index in [-0.39, 0.29) is 24.9 Å². The van der Waals surface area contributed by atoms with Crippen molar-refractivity contribution >= 4 is 27.8 Å². The van der Waals surface area contributed by atoms with E-state index in [2.05, 4.69) is 21.2 Å². The van der Waals surface area contributed by atoms with Crippen LogP contribution in [0, 0.1) is 0 Å². The lowest BCUT2D eigenvalue weighted by molar-refractivity contribution is -0.141. The Bertz CT molecular complexity index is 830. The van der Waals surface area contributed by atoms with Crippen molar-refractivity contribution in [2.45, 2.75) is 25.9 Å². The van der Waals surface area contributed by atoms with Gasteiger partial charge >= 0.3 is 5.97 Å². The van der Waals surface area contributed by atoms with E-state index in [4.69, 9.17) is 4.74 Å². The molecule has 0 spiro atoms. The average molecular weight is 400 g/mol. The zero-order valence-electron chi connectivity index (χ0n) is 13.8. The second-order valence-electron chi connectivity index (χ2n) is 5.93. The number of hydrogen-bond acceptors (Lipinski definition) is 3. The molecule has 0 saturated heterocycles. The van der Waals surface area contributed by atoms with Crippen molar-refractivity contribution in [1.82, 2.24) is 5.32 Å². The maximum Gasteiger partial charge on any atom is 0.336 e. The number of carbonyl (C=O) groups is 2. The smallest absolute Gasteiger partial charge is 0.336 e. The molecule has 4 nitrogen and oxygen atoms in total. The number of amides is 1. The fourth-order valence-corrected chi connectivity index (χ4v) is 3.56. The van der Waals surface area contributed by atoms with Gasteiger partial charge in [0.1, 0.15) is 6.61 Å². The minimum absolute atomic E-state index is 0.0992. The maximum absolute atomic E-state index is 12.7. The highest BCUT2D eigenvalue weighted by Gasteiger charge is 2.33. The molecule has 1 aliphatic heterocycles. The summed E-state index contributed by atoms with van der Waals surface area (Å²) in [4.78, 5) is 24.7. The van der Waals surface area contributed by atoms with Crippen molar-refractivity contribution in [2.75, 3.05) is 0 Å². The molecule has 128 valence electrons. The summed E-state index contributed by atoms with van der Waals surface area (Å²) in [6, 6.07) is 17.2. The Morgan fingerprint density at radius 1 is 1.16 bits per heavy atom. The Kier molecular flexibility index (Phi) is 5.34. The number of allylic oxidation sites excluding steroid dienone is 1. The van der Waals surface area contributed by atoms with Gasteiger partial charge in [0.15, 0.2) is 0 Å². The largest absolute Gasteiger partial charge is 0.457 e. The van der Waals surface area contributed by atoms with Gasteiger partial charge in [0.05, 0.1) is 5.57 Å². The fourth-order valence-electron chi connectivity index (χ4n) is 3.00. The van der Waals surface area contributed by atoms with E-state index in [1.807, 2.05) is 54.6 Å². The summed E-state index contributed by atoms with van der Waals surface area (Å²) in [5.41, 5.74) is 2.88. The van der Waals surface area contributed by atoms with Crippen molar-refractivity contribution in [2.24, 2.45) is 0 Å². The number of hydrogen-bond donors (Lipinski definition) is 1. The summed E-state index contributed by atoms with van der Waals surface area (Å²) in [5.74, 6) is -0.826. The zero-order chi connectivity index (χ0) is 17.8. The lowest BCUT2D eigenvalue weighted by Gasteiger charge is -2.27. The van der Waals surface area contributed by atoms with Gasteiger partial charge in [-0.25, -0.2) is 4.79 Å². The summed E-state index contributed by atoms with van der Waals surface area (Å²) in [7, 11) is 0. The third-order valence-electron chi connectivity index (χ3n) is 4.18. The Morgan fingerprint density at radius 2 is 1.84 bits per heavy atom. The maximum atomic E-state index is 12.7. The molecule has 0 aliphatic carbocycles. The van der Waals surface area contributed by atoms with Crippen LogP contribution in [0.25, 0.3) is 0 Å². The first-order valence-electron chi connectivity index (χ1n) is 8.02. The molecule has 0 radical (unpaired) electrons. The summed E-state index contributed by atoms with van der Waals surface area (Å²) in [6.45, 7) is 1.94. The highest BCUT2D eigenvalue weighted by atomic mass is 79.9. The summed E-state index contributed by atoms with van der Waals surface area (Å²) < 4.78 is 6.37. The lowest BCUT2D eigenvalue weighted by Crippen LogP contribution is -2.34. The predicted molar refractivity (Wildman–Crippen MR) is 98.6 cm³/mol. The Hall–Kier alpha value is -2.40. The molecule has 2 aromatic carbocycles. The molecular formula is C20H18BrNO3. The molecule has 0 unspecified atom stereocenters. The highest BCUT2D eigenvalue weighted by molar-refractivity contribution is 9.10. The number of nitrogens with one attached hydrogen (secondary N) is 1. The molecule has 1 heterocycles. The molecule has 1 atom stereocenters. The van der Waals surface area contributed by atoms with Crippen LogP contribution in [-0.2, 0) is 20.9 Å². The first-order valence-corrected chi connectivity index (χ1v) is 8.81. The fraction of sp³-hybridized carbons (Fsp3) is 0.200. The van der Waals surface area contributed by atoms with E-state index in [1.54, 1.807) is 6.92 Å². The van der Waals surface area contributed by atoms with Crippen molar-refractivity contribution in [3.8, 4) is 0 Å². The van der Waals surface area contributed by atoms with Gasteiger partial charge in [-0.2, -0.15) is 0 Å². The van der Waals surface area contributed by atoms with E-state index in [9.17, 15) is 9.59 Å². The molecule has 0 aromatic heterocycles. The van der Waals surface area contributed by atoms with Gasteiger partial charge in [0.25, 0.3) is 0 Å². The summed E-state index contributed by atoms with van der Waals surface area (Å²) in [5, 5.41) is 2.75. The van der Waals surface area contributed by atoms with Crippen molar-refractivity contribution in [1.29, 1.82) is 0 Å². The molecule has 5 heteroatoms. The van der Waals surface area contributed by atoms with Crippen molar-refractivity contribution in [3.05, 3.63) is 81.5 Å². The molecule has 1 aliphatic rings. The SMILES string of the molecule is CC1=C(C(=O)OCc2ccccc2)[C@@H](c2ccccc2Br)CC(=O)N1. The van der Waals surface area contributed by atoms with Crippen LogP contribution in [0.5, 0.6) is 0 Å². The number of benzene rings is 2. The van der Waals surface area contributed by atoms with Gasteiger partial charge < -0.3 is 10.1 Å². The van der Waals surface area contributed by atoms with Gasteiger partial charge in [-0.1, -0.05) is 64.5 Å². The number of ether oxygens (including phenoxy) is 1. The van der Waals surface area contributed by atoms with E-state index >= 15 is 0 Å². The predicted octanol–water partition coefficient (Wildman–Crippen LogP) is 4.07. The normalized spacial score (nSPS) is 17.2. The third-order valence-corrected chi connectivity index (χ3v) is 4.90. The molecule has 0 saturated carbocycles. The zero-order valence-corrected chi connectivity index (χ0v) is 15.4. The molecule has 1 N–H and O–H groups in total. The highest BCUT2D eigenvalue weighted by Crippen LogP contribution is 2.37. The number of halogens is 1. The summed E-state index contributed by atoms with van der Waals surface area (Å²) >= 11 is 3.52. The van der Waals surface area contributed by atoms with Crippen LogP contribution < -0.4 is 5.32 Å². The van der Waals surface area contributed by atoms with Crippen molar-refractivity contribution in [3.63, 3.8) is 0 Å². The molecule has 0 fully saturated rings. The summed E-state index contributed by atoms with van der Waals surface area (Å²) in [6.07, 6.45) is 0.218. The van der Waals surface area contributed by atoms with Crippen LogP contribution in [-0.4, -0.2) is 11.9 Å². The Labute approximate surface area is 155 Å². The molecule has 25 heavy (non-hydrogen) atoms. The number of rotatable bonds is 4. The van der Waals surface area contributed by atoms with Gasteiger partial charge in [0.2, 0.25) is 5.91 Å². The molecule has 2 aromatic rings. The van der Waals surface area contributed by atoms with E-state index in [0.717, 1.165) is 15.6 Å². The van der Waals surface area contributed by atoms with Gasteiger partial charge in [-0.3, -0.25) is 4.79 Å². The quantitative estimate of drug-likeness (QED) is 0.788. The van der Waals surface area contributed by atoms with Crippen LogP contribution in [0.1, 0.15) is 30.4 Å². The average Bonchev–Trinajstić information content (AvgIpc) is 2.60. The van der Waals surface area contributed by atoms with Gasteiger partial charge in [0, 0.05) is 22.5 Å². The van der Waals surface area contributed by atoms with Gasteiger partial charge in [-0.05, 0) is 24.1 Å². The first kappa shape index (κ1) is 17.4. The van der Waals surface area contributed by atoms with E-state index in [0.29, 0.717) is 11.3 Å². The molecule has 0 bridgehead atoms. The topological polar surface area (TPSA) is 55.4 Å². The van der Waals surface area contributed by atoms with Crippen LogP contribution >= 0.6 is 15.9 Å². The van der Waals surface area contributed by atoms with Crippen LogP contribution in [0.3, 0.4) is 0 Å². The first-order chi connectivity index (χ1) is 12.1.